The highest BCUT2D eigenvalue weighted by molar-refractivity contribution is 7.90. The minimum atomic E-state index is -3.17. The van der Waals surface area contributed by atoms with E-state index in [0.29, 0.717) is 93.2 Å². The number of nitrogens with zero attached hydrogens (tertiary/aromatic N) is 10. The Morgan fingerprint density at radius 2 is 1.07 bits per heavy atom. The van der Waals surface area contributed by atoms with Crippen molar-refractivity contribution >= 4 is 55.4 Å². The van der Waals surface area contributed by atoms with Crippen LogP contribution in [0.5, 0.6) is 0 Å². The Labute approximate surface area is 335 Å². The number of carbonyl (C=O) groups is 2. The summed E-state index contributed by atoms with van der Waals surface area (Å²) in [7, 11) is 0.569. The predicted molar refractivity (Wildman–Crippen MR) is 220 cm³/mol. The van der Waals surface area contributed by atoms with E-state index in [4.69, 9.17) is 0 Å². The summed E-state index contributed by atoms with van der Waals surface area (Å²) < 4.78 is 55.5. The first-order valence-corrected chi connectivity index (χ1v) is 21.2. The van der Waals surface area contributed by atoms with Crippen molar-refractivity contribution in [2.45, 2.75) is 19.8 Å². The Morgan fingerprint density at radius 3 is 1.47 bits per heavy atom. The number of imidazole rings is 2. The minimum Gasteiger partial charge on any atom is -0.353 e. The zero-order chi connectivity index (χ0) is 41.1. The second-order valence-corrected chi connectivity index (χ2v) is 16.7. The lowest BCUT2D eigenvalue weighted by atomic mass is 10.2. The molecule has 0 radical (unpaired) electrons. The largest absolute Gasteiger partial charge is 0.353 e. The van der Waals surface area contributed by atoms with E-state index in [1.165, 1.54) is 12.4 Å². The molecule has 8 rings (SSSR count). The Bertz CT molecular complexity index is 2580. The number of aryl methyl sites for hydroxylation is 2. The lowest BCUT2D eigenvalue weighted by molar-refractivity contribution is -0.131. The fourth-order valence-corrected chi connectivity index (χ4v) is 7.89. The van der Waals surface area contributed by atoms with Gasteiger partial charge in [-0.25, -0.2) is 37.1 Å². The van der Waals surface area contributed by atoms with Gasteiger partial charge in [0.15, 0.2) is 11.6 Å². The van der Waals surface area contributed by atoms with Crippen molar-refractivity contribution in [3.63, 3.8) is 0 Å². The molecule has 2 fully saturated rings. The third-order valence-electron chi connectivity index (χ3n) is 10.6. The van der Waals surface area contributed by atoms with Crippen molar-refractivity contribution in [3.8, 4) is 22.8 Å². The molecular weight excluding hydrogens is 767 g/mol. The molecule has 17 heteroatoms. The first-order valence-electron chi connectivity index (χ1n) is 19.2. The van der Waals surface area contributed by atoms with Crippen molar-refractivity contribution in [2.75, 3.05) is 74.2 Å². The molecule has 2 aromatic carbocycles. The molecule has 14 nitrogen and oxygen atoms in total. The second-order valence-electron chi connectivity index (χ2n) is 14.5. The average molecular weight is 813 g/mol. The lowest BCUT2D eigenvalue weighted by Crippen LogP contribution is -2.49. The fourth-order valence-electron chi connectivity index (χ4n) is 7.34. The quantitative estimate of drug-likeness (QED) is 0.213. The van der Waals surface area contributed by atoms with Gasteiger partial charge in [0.2, 0.25) is 11.8 Å². The molecule has 2 saturated heterocycles. The van der Waals surface area contributed by atoms with Gasteiger partial charge in [0, 0.05) is 85.6 Å². The van der Waals surface area contributed by atoms with Gasteiger partial charge < -0.3 is 28.7 Å². The number of carbonyl (C=O) groups excluding carboxylic acids is 2. The van der Waals surface area contributed by atoms with Gasteiger partial charge >= 0.3 is 0 Å². The molecule has 304 valence electrons. The zero-order valence-electron chi connectivity index (χ0n) is 33.0. The van der Waals surface area contributed by atoms with Crippen LogP contribution in [0.25, 0.3) is 44.8 Å². The van der Waals surface area contributed by atoms with Crippen LogP contribution in [-0.4, -0.2) is 123 Å². The van der Waals surface area contributed by atoms with E-state index in [2.05, 4.69) is 24.8 Å². The Morgan fingerprint density at radius 1 is 0.655 bits per heavy atom. The van der Waals surface area contributed by atoms with Crippen LogP contribution in [0.4, 0.5) is 20.4 Å². The summed E-state index contributed by atoms with van der Waals surface area (Å²) in [6, 6.07) is 18.8. The van der Waals surface area contributed by atoms with Gasteiger partial charge in [0.1, 0.15) is 33.1 Å². The third-order valence-corrected chi connectivity index (χ3v) is 11.6. The Balaban J connectivity index is 0.000000178. The van der Waals surface area contributed by atoms with Crippen molar-refractivity contribution < 1.29 is 26.8 Å². The molecule has 58 heavy (non-hydrogen) atoms. The SMILES string of the molecule is CCC(=O)N1CCN(c2cc(-c3nc4ccccc4n3C)c(F)cn2)CC1.Cn1c(-c2cc(N3CCN(C(=O)CCS(C)(=O)=O)CC3)ncc2F)nc2ccccc21. The maximum absolute atomic E-state index is 14.6. The van der Waals surface area contributed by atoms with Gasteiger partial charge in [0.25, 0.3) is 0 Å². The molecule has 6 heterocycles. The van der Waals surface area contributed by atoms with E-state index in [1.807, 2.05) is 88.5 Å². The standard InChI is InChI=1S/C21H24FN5O3S.C20H22FN5O/c1-25-18-6-4-3-5-17(18)24-21(25)15-13-19(23-14-16(15)22)26-8-10-27(11-9-26)20(28)7-12-31(2,29)30;1-3-19(27)26-10-8-25(9-11-26)18-12-14(15(21)13-22-18)20-23-16-6-4-5-7-17(16)24(20)2/h3-6,13-14H,7-12H2,1-2H3;4-7,12-13H,3,8-11H2,1-2H3. The summed E-state index contributed by atoms with van der Waals surface area (Å²) in [5.74, 6) is 1.45. The van der Waals surface area contributed by atoms with Crippen LogP contribution < -0.4 is 9.80 Å². The molecule has 6 aromatic rings. The second kappa shape index (κ2) is 16.9. The Kier molecular flexibility index (Phi) is 11.7. The highest BCUT2D eigenvalue weighted by Crippen LogP contribution is 2.30. The zero-order valence-corrected chi connectivity index (χ0v) is 33.8. The summed E-state index contributed by atoms with van der Waals surface area (Å²) >= 11 is 0. The number of halogens is 2. The lowest BCUT2D eigenvalue weighted by Gasteiger charge is -2.35. The number of aromatic nitrogens is 6. The van der Waals surface area contributed by atoms with Gasteiger partial charge in [0.05, 0.1) is 51.3 Å². The predicted octanol–water partition coefficient (Wildman–Crippen LogP) is 4.69. The number of piperazine rings is 2. The maximum atomic E-state index is 14.6. The molecule has 0 bridgehead atoms. The number of para-hydroxylation sites is 4. The van der Waals surface area contributed by atoms with Crippen LogP contribution in [0.1, 0.15) is 19.8 Å². The highest BCUT2D eigenvalue weighted by atomic mass is 32.2. The van der Waals surface area contributed by atoms with E-state index < -0.39 is 21.5 Å². The minimum absolute atomic E-state index is 0.00943. The number of amides is 2. The van der Waals surface area contributed by atoms with Crippen LogP contribution in [0.3, 0.4) is 0 Å². The van der Waals surface area contributed by atoms with E-state index in [9.17, 15) is 26.8 Å². The first kappa shape index (κ1) is 40.2. The molecule has 0 atom stereocenters. The topological polar surface area (TPSA) is 143 Å². The molecule has 2 amide bonds. The van der Waals surface area contributed by atoms with Crippen molar-refractivity contribution in [1.82, 2.24) is 38.9 Å². The number of anilines is 2. The smallest absolute Gasteiger partial charge is 0.223 e. The first-order chi connectivity index (χ1) is 27.8. The summed E-state index contributed by atoms with van der Waals surface area (Å²) in [6.07, 6.45) is 4.10. The summed E-state index contributed by atoms with van der Waals surface area (Å²) in [4.78, 5) is 49.4. The molecule has 0 spiro atoms. The molecule has 2 aliphatic rings. The van der Waals surface area contributed by atoms with Crippen LogP contribution >= 0.6 is 0 Å². The number of pyridine rings is 2. The molecular formula is C41H46F2N10O4S. The molecule has 0 unspecified atom stereocenters. The van der Waals surface area contributed by atoms with E-state index in [1.54, 1.807) is 17.0 Å². The third kappa shape index (κ3) is 8.63. The molecule has 4 aromatic heterocycles. The van der Waals surface area contributed by atoms with Crippen molar-refractivity contribution in [2.24, 2.45) is 14.1 Å². The molecule has 2 aliphatic heterocycles. The van der Waals surface area contributed by atoms with E-state index >= 15 is 0 Å². The Hall–Kier alpha value is -5.97. The van der Waals surface area contributed by atoms with Crippen LogP contribution in [0.2, 0.25) is 0 Å². The van der Waals surface area contributed by atoms with Gasteiger partial charge in [-0.3, -0.25) is 9.59 Å². The van der Waals surface area contributed by atoms with Gasteiger partial charge in [-0.2, -0.15) is 0 Å². The average Bonchev–Trinajstić information content (AvgIpc) is 3.75. The van der Waals surface area contributed by atoms with Crippen molar-refractivity contribution in [3.05, 3.63) is 84.7 Å². The van der Waals surface area contributed by atoms with Crippen LogP contribution in [-0.2, 0) is 33.5 Å². The number of fused-ring (bicyclic) bond motifs is 2. The number of rotatable bonds is 8. The molecule has 0 saturated carbocycles. The van der Waals surface area contributed by atoms with Gasteiger partial charge in [-0.1, -0.05) is 31.2 Å². The van der Waals surface area contributed by atoms with Crippen LogP contribution in [0, 0.1) is 11.6 Å². The van der Waals surface area contributed by atoms with Crippen LogP contribution in [0.15, 0.2) is 73.1 Å². The monoisotopic (exact) mass is 812 g/mol. The van der Waals surface area contributed by atoms with Crippen molar-refractivity contribution in [1.29, 1.82) is 0 Å². The van der Waals surface area contributed by atoms with Gasteiger partial charge in [-0.15, -0.1) is 0 Å². The van der Waals surface area contributed by atoms with E-state index in [0.717, 1.165) is 28.3 Å². The summed E-state index contributed by atoms with van der Waals surface area (Å²) in [6.45, 7) is 6.56. The normalized spacial score (nSPS) is 14.9. The number of sulfone groups is 1. The fraction of sp³-hybridized carbons (Fsp3) is 0.366. The number of hydrogen-bond acceptors (Lipinski definition) is 10. The molecule has 0 N–H and O–H groups in total. The number of benzene rings is 2. The van der Waals surface area contributed by atoms with E-state index in [-0.39, 0.29) is 24.0 Å². The molecule has 0 aliphatic carbocycles. The summed E-state index contributed by atoms with van der Waals surface area (Å²) in [5.41, 5.74) is 4.30. The summed E-state index contributed by atoms with van der Waals surface area (Å²) in [5, 5.41) is 0. The maximum Gasteiger partial charge on any atom is 0.223 e. The number of hydrogen-bond donors (Lipinski definition) is 0. The highest BCUT2D eigenvalue weighted by Gasteiger charge is 2.25. The van der Waals surface area contributed by atoms with Gasteiger partial charge in [-0.05, 0) is 36.4 Å².